The maximum absolute atomic E-state index is 13.3. The summed E-state index contributed by atoms with van der Waals surface area (Å²) >= 11 is 6.05. The van der Waals surface area contributed by atoms with E-state index < -0.39 is 5.60 Å². The Bertz CT molecular complexity index is 1110. The summed E-state index contributed by atoms with van der Waals surface area (Å²) in [6.07, 6.45) is 5.83. The standard InChI is InChI=1S/C30H38ClN3O4/c1-5-17-37-28(36)34(25-18-24(25)23-9-7-6-8-10-23)21-30(19-22-11-12-26(31)32-20-22)13-15-33(16-14-30)27(35)38-29(2,3)4/h5-12,20,24-25H,1,13-19,21H2,2-4H3/t24-,25+/m0/s1. The number of likely N-dealkylation sites (tertiary alicyclic amines) is 1. The van der Waals surface area contributed by atoms with E-state index in [9.17, 15) is 9.59 Å². The fraction of sp³-hybridized carbons (Fsp3) is 0.500. The highest BCUT2D eigenvalue weighted by atomic mass is 35.5. The van der Waals surface area contributed by atoms with E-state index in [4.69, 9.17) is 21.1 Å². The highest BCUT2D eigenvalue weighted by Crippen LogP contribution is 2.47. The molecule has 2 aliphatic rings. The molecule has 2 fully saturated rings. The molecular weight excluding hydrogens is 502 g/mol. The number of amides is 2. The SMILES string of the molecule is C=CCOC(=O)N(CC1(Cc2ccc(Cl)nc2)CCN(C(=O)OC(C)(C)C)CC1)[C@@H]1C[C@H]1c1ccccc1. The first-order valence-electron chi connectivity index (χ1n) is 13.3. The molecule has 1 saturated carbocycles. The Balaban J connectivity index is 1.56. The van der Waals surface area contributed by atoms with Crippen molar-refractivity contribution < 1.29 is 19.1 Å². The van der Waals surface area contributed by atoms with Gasteiger partial charge < -0.3 is 19.3 Å². The zero-order valence-electron chi connectivity index (χ0n) is 22.6. The molecule has 2 amide bonds. The number of halogens is 1. The van der Waals surface area contributed by atoms with Gasteiger partial charge in [-0.3, -0.25) is 0 Å². The summed E-state index contributed by atoms with van der Waals surface area (Å²) < 4.78 is 11.2. The van der Waals surface area contributed by atoms with Crippen molar-refractivity contribution in [3.05, 3.63) is 77.6 Å². The van der Waals surface area contributed by atoms with Crippen molar-refractivity contribution in [2.45, 2.75) is 64.0 Å². The molecule has 1 aromatic carbocycles. The van der Waals surface area contributed by atoms with E-state index in [2.05, 4.69) is 23.7 Å². The number of carbonyl (C=O) groups excluding carboxylic acids is 2. The van der Waals surface area contributed by atoms with Gasteiger partial charge in [-0.15, -0.1) is 0 Å². The van der Waals surface area contributed by atoms with Gasteiger partial charge in [0.1, 0.15) is 17.4 Å². The van der Waals surface area contributed by atoms with Crippen LogP contribution < -0.4 is 0 Å². The lowest BCUT2D eigenvalue weighted by Crippen LogP contribution is -2.51. The first kappa shape index (κ1) is 28.0. The van der Waals surface area contributed by atoms with Crippen LogP contribution in [0.5, 0.6) is 0 Å². The number of hydrogen-bond acceptors (Lipinski definition) is 5. The van der Waals surface area contributed by atoms with Gasteiger partial charge in [0.2, 0.25) is 0 Å². The Hall–Kier alpha value is -3.06. The molecule has 0 unspecified atom stereocenters. The zero-order chi connectivity index (χ0) is 27.3. The molecule has 0 bridgehead atoms. The molecule has 4 rings (SSSR count). The van der Waals surface area contributed by atoms with Crippen molar-refractivity contribution in [1.82, 2.24) is 14.8 Å². The highest BCUT2D eigenvalue weighted by Gasteiger charge is 2.49. The van der Waals surface area contributed by atoms with Gasteiger partial charge >= 0.3 is 12.2 Å². The summed E-state index contributed by atoms with van der Waals surface area (Å²) in [5.74, 6) is 0.281. The first-order chi connectivity index (χ1) is 18.1. The second-order valence-electron chi connectivity index (χ2n) is 11.4. The Morgan fingerprint density at radius 1 is 1.18 bits per heavy atom. The summed E-state index contributed by atoms with van der Waals surface area (Å²) in [5.41, 5.74) is 1.47. The van der Waals surface area contributed by atoms with Gasteiger partial charge in [0.15, 0.2) is 0 Å². The van der Waals surface area contributed by atoms with Crippen LogP contribution in [0.4, 0.5) is 9.59 Å². The minimum Gasteiger partial charge on any atom is -0.445 e. The number of hydrogen-bond donors (Lipinski definition) is 0. The van der Waals surface area contributed by atoms with Gasteiger partial charge in [0, 0.05) is 37.8 Å². The van der Waals surface area contributed by atoms with Crippen LogP contribution in [0.15, 0.2) is 61.3 Å². The van der Waals surface area contributed by atoms with Crippen LogP contribution in [0.2, 0.25) is 5.15 Å². The Labute approximate surface area is 230 Å². The molecule has 0 radical (unpaired) electrons. The van der Waals surface area contributed by atoms with Crippen molar-refractivity contribution in [1.29, 1.82) is 0 Å². The van der Waals surface area contributed by atoms with Crippen molar-refractivity contribution in [3.8, 4) is 0 Å². The lowest BCUT2D eigenvalue weighted by Gasteiger charge is -2.44. The minimum atomic E-state index is -0.551. The number of benzene rings is 1. The summed E-state index contributed by atoms with van der Waals surface area (Å²) in [6.45, 7) is 11.1. The van der Waals surface area contributed by atoms with E-state index in [1.54, 1.807) is 23.2 Å². The number of pyridine rings is 1. The molecule has 1 aliphatic carbocycles. The fourth-order valence-electron chi connectivity index (χ4n) is 5.30. The first-order valence-corrected chi connectivity index (χ1v) is 13.6. The molecule has 2 aromatic rings. The number of rotatable bonds is 8. The van der Waals surface area contributed by atoms with Gasteiger partial charge in [0.05, 0.1) is 0 Å². The zero-order valence-corrected chi connectivity index (χ0v) is 23.3. The van der Waals surface area contributed by atoms with Crippen LogP contribution in [0.3, 0.4) is 0 Å². The maximum Gasteiger partial charge on any atom is 0.410 e. The third-order valence-corrected chi connectivity index (χ3v) is 7.52. The molecule has 0 spiro atoms. The van der Waals surface area contributed by atoms with E-state index in [0.717, 1.165) is 24.8 Å². The lowest BCUT2D eigenvalue weighted by molar-refractivity contribution is 0.00308. The molecular formula is C30H38ClN3O4. The van der Waals surface area contributed by atoms with Gasteiger partial charge in [-0.05, 0) is 69.1 Å². The quantitative estimate of drug-likeness (QED) is 0.284. The van der Waals surface area contributed by atoms with E-state index in [-0.39, 0.29) is 36.2 Å². The summed E-state index contributed by atoms with van der Waals surface area (Å²) in [5, 5.41) is 0.445. The number of aromatic nitrogens is 1. The molecule has 204 valence electrons. The summed E-state index contributed by atoms with van der Waals surface area (Å²) in [4.78, 5) is 34.1. The van der Waals surface area contributed by atoms with Gasteiger partial charge in [-0.25, -0.2) is 14.6 Å². The Morgan fingerprint density at radius 3 is 2.50 bits per heavy atom. The number of piperidine rings is 1. The minimum absolute atomic E-state index is 0.0684. The molecule has 1 aliphatic heterocycles. The lowest BCUT2D eigenvalue weighted by atomic mass is 9.73. The van der Waals surface area contributed by atoms with Gasteiger partial charge in [-0.2, -0.15) is 0 Å². The second-order valence-corrected chi connectivity index (χ2v) is 11.8. The molecule has 0 N–H and O–H groups in total. The molecule has 7 nitrogen and oxygen atoms in total. The molecule has 38 heavy (non-hydrogen) atoms. The molecule has 8 heteroatoms. The molecule has 1 saturated heterocycles. The van der Waals surface area contributed by atoms with Crippen LogP contribution >= 0.6 is 11.6 Å². The number of nitrogens with zero attached hydrogens (tertiary/aromatic N) is 3. The van der Waals surface area contributed by atoms with Crippen molar-refractivity contribution >= 4 is 23.8 Å². The van der Waals surface area contributed by atoms with E-state index >= 15 is 0 Å². The second kappa shape index (κ2) is 11.8. The number of carbonyl (C=O) groups is 2. The molecule has 1 aromatic heterocycles. The largest absolute Gasteiger partial charge is 0.445 e. The third kappa shape index (κ3) is 7.28. The van der Waals surface area contributed by atoms with Crippen molar-refractivity contribution in [2.24, 2.45) is 5.41 Å². The van der Waals surface area contributed by atoms with Crippen molar-refractivity contribution in [2.75, 3.05) is 26.2 Å². The average Bonchev–Trinajstić information content (AvgIpc) is 3.68. The Morgan fingerprint density at radius 2 is 1.89 bits per heavy atom. The topological polar surface area (TPSA) is 72.0 Å². The predicted octanol–water partition coefficient (Wildman–Crippen LogP) is 6.48. The Kier molecular flexibility index (Phi) is 8.66. The highest BCUT2D eigenvalue weighted by molar-refractivity contribution is 6.29. The maximum atomic E-state index is 13.3. The van der Waals surface area contributed by atoms with E-state index in [0.29, 0.717) is 31.2 Å². The van der Waals surface area contributed by atoms with Crippen molar-refractivity contribution in [3.63, 3.8) is 0 Å². The smallest absolute Gasteiger partial charge is 0.410 e. The molecule has 2 atom stereocenters. The molecule has 2 heterocycles. The van der Waals surface area contributed by atoms with E-state index in [1.807, 2.05) is 49.9 Å². The normalized spacial score (nSPS) is 20.4. The van der Waals surface area contributed by atoms with Crippen LogP contribution in [-0.4, -0.2) is 64.9 Å². The van der Waals surface area contributed by atoms with Crippen LogP contribution in [0.25, 0.3) is 0 Å². The van der Waals surface area contributed by atoms with Gasteiger partial charge in [0.25, 0.3) is 0 Å². The van der Waals surface area contributed by atoms with Gasteiger partial charge in [-0.1, -0.05) is 60.7 Å². The van der Waals surface area contributed by atoms with Crippen LogP contribution in [0.1, 0.15) is 57.1 Å². The third-order valence-electron chi connectivity index (χ3n) is 7.29. The summed E-state index contributed by atoms with van der Waals surface area (Å²) in [7, 11) is 0. The fourth-order valence-corrected chi connectivity index (χ4v) is 5.41. The van der Waals surface area contributed by atoms with Crippen LogP contribution in [0, 0.1) is 5.41 Å². The summed E-state index contributed by atoms with van der Waals surface area (Å²) in [6, 6.07) is 14.2. The number of ether oxygens (including phenoxy) is 2. The van der Waals surface area contributed by atoms with Crippen LogP contribution in [-0.2, 0) is 15.9 Å². The monoisotopic (exact) mass is 539 g/mol. The predicted molar refractivity (Wildman–Crippen MR) is 148 cm³/mol. The average molecular weight is 540 g/mol. The van der Waals surface area contributed by atoms with E-state index in [1.165, 1.54) is 5.56 Å².